The highest BCUT2D eigenvalue weighted by Gasteiger charge is 2.20. The molecule has 9 aromatic carbocycles. The van der Waals surface area contributed by atoms with Gasteiger partial charge in [-0.3, -0.25) is 0 Å². The van der Waals surface area contributed by atoms with Crippen LogP contribution >= 0.6 is 0 Å². The summed E-state index contributed by atoms with van der Waals surface area (Å²) in [5, 5.41) is 6.74. The van der Waals surface area contributed by atoms with E-state index in [1.54, 1.807) is 0 Å². The van der Waals surface area contributed by atoms with Gasteiger partial charge < -0.3 is 18.3 Å². The molecule has 272 valence electrons. The molecule has 5 nitrogen and oxygen atoms in total. The van der Waals surface area contributed by atoms with Crippen LogP contribution in [0, 0.1) is 0 Å². The average Bonchev–Trinajstić information content (AvgIpc) is 3.99. The highest BCUT2D eigenvalue weighted by atomic mass is 16.3. The molecule has 3 heterocycles. The van der Waals surface area contributed by atoms with Crippen LogP contribution < -0.4 is 4.90 Å². The summed E-state index contributed by atoms with van der Waals surface area (Å²) in [5.74, 6) is 0.620. The number of oxazole rings is 1. The first-order chi connectivity index (χ1) is 28.7. The van der Waals surface area contributed by atoms with Crippen LogP contribution in [0.1, 0.15) is 0 Å². The average molecular weight is 744 g/mol. The molecule has 0 saturated carbocycles. The van der Waals surface area contributed by atoms with Crippen LogP contribution in [0.4, 0.5) is 17.1 Å². The monoisotopic (exact) mass is 743 g/mol. The number of nitrogens with zero attached hydrogens (tertiary/aromatic N) is 3. The van der Waals surface area contributed by atoms with Crippen LogP contribution in [-0.4, -0.2) is 9.55 Å². The minimum atomic E-state index is 0.620. The Kier molecular flexibility index (Phi) is 7.16. The predicted molar refractivity (Wildman–Crippen MR) is 239 cm³/mol. The summed E-state index contributed by atoms with van der Waals surface area (Å²) in [4.78, 5) is 7.32. The molecule has 0 N–H and O–H groups in total. The Bertz CT molecular complexity index is 3510. The van der Waals surface area contributed by atoms with Crippen molar-refractivity contribution < 1.29 is 8.83 Å². The number of hydrogen-bond donors (Lipinski definition) is 0. The summed E-state index contributed by atoms with van der Waals surface area (Å²) in [6.07, 6.45) is 0. The molecule has 0 aliphatic rings. The van der Waals surface area contributed by atoms with Gasteiger partial charge in [-0.2, -0.15) is 0 Å². The zero-order valence-electron chi connectivity index (χ0n) is 31.2. The maximum atomic E-state index is 6.42. The van der Waals surface area contributed by atoms with E-state index in [0.717, 1.165) is 88.8 Å². The fraction of sp³-hybridized carbons (Fsp3) is 0. The number of hydrogen-bond acceptors (Lipinski definition) is 4. The number of aromatic nitrogens is 2. The highest BCUT2D eigenvalue weighted by Crippen LogP contribution is 2.43. The smallest absolute Gasteiger partial charge is 0.227 e. The maximum absolute atomic E-state index is 6.42. The Balaban J connectivity index is 1.03. The van der Waals surface area contributed by atoms with Gasteiger partial charge in [0.15, 0.2) is 5.58 Å². The van der Waals surface area contributed by atoms with E-state index in [9.17, 15) is 0 Å². The van der Waals surface area contributed by atoms with Crippen LogP contribution in [-0.2, 0) is 0 Å². The van der Waals surface area contributed by atoms with Crippen molar-refractivity contribution in [1.82, 2.24) is 9.55 Å². The van der Waals surface area contributed by atoms with E-state index in [4.69, 9.17) is 13.8 Å². The largest absolute Gasteiger partial charge is 0.456 e. The van der Waals surface area contributed by atoms with Gasteiger partial charge in [0, 0.05) is 55.2 Å². The first-order valence-electron chi connectivity index (χ1n) is 19.5. The van der Waals surface area contributed by atoms with Crippen LogP contribution in [0.25, 0.3) is 93.9 Å². The van der Waals surface area contributed by atoms with Crippen molar-refractivity contribution in [3.63, 3.8) is 0 Å². The molecule has 5 heteroatoms. The summed E-state index contributed by atoms with van der Waals surface area (Å²) in [5.41, 5.74) is 13.2. The van der Waals surface area contributed by atoms with Gasteiger partial charge in [-0.05, 0) is 108 Å². The van der Waals surface area contributed by atoms with Gasteiger partial charge in [-0.15, -0.1) is 0 Å². The molecule has 0 bridgehead atoms. The molecule has 0 aliphatic carbocycles. The van der Waals surface area contributed by atoms with Crippen molar-refractivity contribution in [1.29, 1.82) is 0 Å². The van der Waals surface area contributed by atoms with E-state index in [0.29, 0.717) is 5.89 Å². The Labute approximate surface area is 333 Å². The van der Waals surface area contributed by atoms with E-state index in [2.05, 4.69) is 167 Å². The number of fused-ring (bicyclic) bond motifs is 9. The van der Waals surface area contributed by atoms with Crippen LogP contribution in [0.3, 0.4) is 0 Å². The molecule has 12 aromatic rings. The van der Waals surface area contributed by atoms with Crippen LogP contribution in [0.5, 0.6) is 0 Å². The van der Waals surface area contributed by atoms with Gasteiger partial charge in [-0.1, -0.05) is 109 Å². The van der Waals surface area contributed by atoms with Gasteiger partial charge >= 0.3 is 0 Å². The standard InChI is InChI=1S/C53H33N3O2/c1-3-13-35(14-4-1)53-54-47-33-44(40-17-7-8-20-43(40)52(47)58-53)34-23-25-37(26-24-34)55(39-28-30-51-46(32-39)42-19-10-12-22-50(42)57-51)38-27-29-49-45(31-38)41-18-9-11-21-48(41)56(49)36-15-5-2-6-16-36/h1-33H. The normalized spacial score (nSPS) is 11.8. The van der Waals surface area contributed by atoms with Crippen molar-refractivity contribution in [3.8, 4) is 28.3 Å². The molecule has 0 amide bonds. The minimum Gasteiger partial charge on any atom is -0.456 e. The molecule has 0 radical (unpaired) electrons. The summed E-state index contributed by atoms with van der Waals surface area (Å²) < 4.78 is 15.0. The Morgan fingerprint density at radius 3 is 1.81 bits per heavy atom. The molecule has 58 heavy (non-hydrogen) atoms. The van der Waals surface area contributed by atoms with E-state index in [-0.39, 0.29) is 0 Å². The molecule has 0 aliphatic heterocycles. The zero-order chi connectivity index (χ0) is 38.2. The number of anilines is 3. The second-order valence-electron chi connectivity index (χ2n) is 14.8. The van der Waals surface area contributed by atoms with Gasteiger partial charge in [0.05, 0.1) is 11.0 Å². The third kappa shape index (κ3) is 5.07. The van der Waals surface area contributed by atoms with E-state index >= 15 is 0 Å². The van der Waals surface area contributed by atoms with E-state index < -0.39 is 0 Å². The fourth-order valence-electron chi connectivity index (χ4n) is 8.74. The Hall–Kier alpha value is -7.89. The predicted octanol–water partition coefficient (Wildman–Crippen LogP) is 14.8. The van der Waals surface area contributed by atoms with E-state index in [1.165, 1.54) is 16.3 Å². The summed E-state index contributed by atoms with van der Waals surface area (Å²) in [6.45, 7) is 0. The van der Waals surface area contributed by atoms with Crippen molar-refractivity contribution in [2.75, 3.05) is 4.90 Å². The van der Waals surface area contributed by atoms with Crippen molar-refractivity contribution in [2.45, 2.75) is 0 Å². The number of para-hydroxylation sites is 3. The first kappa shape index (κ1) is 32.4. The van der Waals surface area contributed by atoms with Crippen molar-refractivity contribution >= 4 is 82.7 Å². The lowest BCUT2D eigenvalue weighted by Gasteiger charge is -2.26. The molecule has 0 atom stereocenters. The second-order valence-corrected chi connectivity index (χ2v) is 14.8. The lowest BCUT2D eigenvalue weighted by Crippen LogP contribution is -2.10. The molecule has 12 rings (SSSR count). The van der Waals surface area contributed by atoms with Crippen molar-refractivity contribution in [2.24, 2.45) is 0 Å². The maximum Gasteiger partial charge on any atom is 0.227 e. The van der Waals surface area contributed by atoms with E-state index in [1.807, 2.05) is 42.5 Å². The summed E-state index contributed by atoms with van der Waals surface area (Å²) >= 11 is 0. The minimum absolute atomic E-state index is 0.620. The van der Waals surface area contributed by atoms with Gasteiger partial charge in [0.2, 0.25) is 5.89 Å². The third-order valence-corrected chi connectivity index (χ3v) is 11.4. The topological polar surface area (TPSA) is 47.3 Å². The molecule has 0 saturated heterocycles. The summed E-state index contributed by atoms with van der Waals surface area (Å²) in [6, 6.07) is 70.4. The fourth-order valence-corrected chi connectivity index (χ4v) is 8.74. The first-order valence-corrected chi connectivity index (χ1v) is 19.5. The second kappa shape index (κ2) is 12.8. The molecule has 0 unspecified atom stereocenters. The summed E-state index contributed by atoms with van der Waals surface area (Å²) in [7, 11) is 0. The number of furan rings is 1. The SMILES string of the molecule is c1ccc(-c2nc3cc(-c4ccc(N(c5ccc6oc7ccccc7c6c5)c5ccc6c(c5)c5ccccc5n6-c5ccccc5)cc4)c4ccccc4c3o2)cc1. The van der Waals surface area contributed by atoms with Gasteiger partial charge in [-0.25, -0.2) is 4.98 Å². The molecular weight excluding hydrogens is 711 g/mol. The van der Waals surface area contributed by atoms with Crippen molar-refractivity contribution in [3.05, 3.63) is 200 Å². The Morgan fingerprint density at radius 1 is 0.397 bits per heavy atom. The molecule has 0 spiro atoms. The Morgan fingerprint density at radius 2 is 1.00 bits per heavy atom. The number of benzene rings is 9. The molecule has 0 fully saturated rings. The number of rotatable bonds is 6. The highest BCUT2D eigenvalue weighted by molar-refractivity contribution is 6.12. The zero-order valence-corrected chi connectivity index (χ0v) is 31.2. The molecule has 3 aromatic heterocycles. The van der Waals surface area contributed by atoms with Crippen LogP contribution in [0.15, 0.2) is 209 Å². The lowest BCUT2D eigenvalue weighted by atomic mass is 9.97. The lowest BCUT2D eigenvalue weighted by molar-refractivity contribution is 0.623. The van der Waals surface area contributed by atoms with Gasteiger partial charge in [0.25, 0.3) is 0 Å². The third-order valence-electron chi connectivity index (χ3n) is 11.4. The van der Waals surface area contributed by atoms with Gasteiger partial charge in [0.1, 0.15) is 16.7 Å². The molecular formula is C53H33N3O2. The van der Waals surface area contributed by atoms with Crippen LogP contribution in [0.2, 0.25) is 0 Å². The quantitative estimate of drug-likeness (QED) is 0.170.